The van der Waals surface area contributed by atoms with Gasteiger partial charge in [-0.2, -0.15) is 0 Å². The molecule has 2 aromatic carbocycles. The number of hydrogen-bond donors (Lipinski definition) is 1. The highest BCUT2D eigenvalue weighted by Crippen LogP contribution is 2.18. The largest absolute Gasteiger partial charge is 0.352 e. The molecule has 24 heavy (non-hydrogen) atoms. The van der Waals surface area contributed by atoms with Gasteiger partial charge >= 0.3 is 0 Å². The SMILES string of the molecule is CN(C)S(=O)(=O)c1ccccc1CNC(=O)Cc1ccc(Cl)cc1. The van der Waals surface area contributed by atoms with E-state index in [-0.39, 0.29) is 23.8 Å². The lowest BCUT2D eigenvalue weighted by molar-refractivity contribution is -0.120. The van der Waals surface area contributed by atoms with Crippen LogP contribution in [0.15, 0.2) is 53.4 Å². The fourth-order valence-corrected chi connectivity index (χ4v) is 3.38. The minimum absolute atomic E-state index is 0.148. The summed E-state index contributed by atoms with van der Waals surface area (Å²) in [6.07, 6.45) is 0.208. The monoisotopic (exact) mass is 366 g/mol. The summed E-state index contributed by atoms with van der Waals surface area (Å²) in [5.41, 5.74) is 1.39. The molecule has 0 aliphatic rings. The van der Waals surface area contributed by atoms with Crippen LogP contribution in [-0.4, -0.2) is 32.7 Å². The second-order valence-corrected chi connectivity index (χ2v) is 8.03. The smallest absolute Gasteiger partial charge is 0.242 e. The minimum Gasteiger partial charge on any atom is -0.352 e. The summed E-state index contributed by atoms with van der Waals surface area (Å²) in [4.78, 5) is 12.3. The number of hydrogen-bond acceptors (Lipinski definition) is 3. The molecule has 2 rings (SSSR count). The molecule has 1 amide bonds. The van der Waals surface area contributed by atoms with E-state index in [9.17, 15) is 13.2 Å². The number of halogens is 1. The molecule has 0 atom stereocenters. The van der Waals surface area contributed by atoms with Gasteiger partial charge in [-0.05, 0) is 29.3 Å². The summed E-state index contributed by atoms with van der Waals surface area (Å²) in [6.45, 7) is 0.148. The van der Waals surface area contributed by atoms with E-state index in [2.05, 4.69) is 5.32 Å². The number of amides is 1. The third-order valence-corrected chi connectivity index (χ3v) is 5.65. The normalized spacial score (nSPS) is 11.5. The van der Waals surface area contributed by atoms with Crippen molar-refractivity contribution in [2.75, 3.05) is 14.1 Å². The molecule has 0 fully saturated rings. The molecule has 128 valence electrons. The predicted octanol–water partition coefficient (Wildman–Crippen LogP) is 2.45. The molecule has 0 aliphatic carbocycles. The van der Waals surface area contributed by atoms with Crippen molar-refractivity contribution in [3.63, 3.8) is 0 Å². The van der Waals surface area contributed by atoms with Crippen molar-refractivity contribution in [2.45, 2.75) is 17.9 Å². The molecule has 2 aromatic rings. The van der Waals surface area contributed by atoms with Gasteiger partial charge in [0.1, 0.15) is 0 Å². The lowest BCUT2D eigenvalue weighted by atomic mass is 10.1. The molecule has 0 saturated carbocycles. The molecule has 1 N–H and O–H groups in total. The van der Waals surface area contributed by atoms with Crippen molar-refractivity contribution < 1.29 is 13.2 Å². The maximum Gasteiger partial charge on any atom is 0.242 e. The van der Waals surface area contributed by atoms with Crippen LogP contribution in [0.5, 0.6) is 0 Å². The fraction of sp³-hybridized carbons (Fsp3) is 0.235. The highest BCUT2D eigenvalue weighted by atomic mass is 35.5. The molecule has 0 saturated heterocycles. The topological polar surface area (TPSA) is 66.5 Å². The van der Waals surface area contributed by atoms with E-state index in [4.69, 9.17) is 11.6 Å². The second-order valence-electron chi connectivity index (χ2n) is 5.48. The van der Waals surface area contributed by atoms with Gasteiger partial charge in [-0.25, -0.2) is 12.7 Å². The summed E-state index contributed by atoms with van der Waals surface area (Å²) < 4.78 is 25.8. The lowest BCUT2D eigenvalue weighted by Crippen LogP contribution is -2.27. The molecule has 0 aromatic heterocycles. The van der Waals surface area contributed by atoms with Crippen molar-refractivity contribution in [2.24, 2.45) is 0 Å². The van der Waals surface area contributed by atoms with Gasteiger partial charge in [0.15, 0.2) is 0 Å². The Balaban J connectivity index is 2.07. The van der Waals surface area contributed by atoms with Gasteiger partial charge in [-0.1, -0.05) is 41.9 Å². The van der Waals surface area contributed by atoms with E-state index < -0.39 is 10.0 Å². The minimum atomic E-state index is -3.55. The Morgan fingerprint density at radius 3 is 2.33 bits per heavy atom. The van der Waals surface area contributed by atoms with Crippen molar-refractivity contribution in [1.82, 2.24) is 9.62 Å². The molecule has 7 heteroatoms. The summed E-state index contributed by atoms with van der Waals surface area (Å²) in [5, 5.41) is 3.37. The summed E-state index contributed by atoms with van der Waals surface area (Å²) in [5.74, 6) is -0.186. The zero-order valence-corrected chi connectivity index (χ0v) is 15.1. The van der Waals surface area contributed by atoms with Crippen LogP contribution in [0.4, 0.5) is 0 Å². The molecule has 0 radical (unpaired) electrons. The van der Waals surface area contributed by atoms with E-state index in [1.165, 1.54) is 20.2 Å². The molecular weight excluding hydrogens is 348 g/mol. The number of carbonyl (C=O) groups is 1. The van der Waals surface area contributed by atoms with Gasteiger partial charge in [0.05, 0.1) is 11.3 Å². The first kappa shape index (κ1) is 18.4. The quantitative estimate of drug-likeness (QED) is 0.853. The van der Waals surface area contributed by atoms with E-state index in [1.54, 1.807) is 42.5 Å². The maximum absolute atomic E-state index is 12.3. The summed E-state index contributed by atoms with van der Waals surface area (Å²) in [7, 11) is -0.597. The molecule has 0 spiro atoms. The van der Waals surface area contributed by atoms with Crippen LogP contribution in [-0.2, 0) is 27.8 Å². The molecular formula is C17H19ClN2O3S. The lowest BCUT2D eigenvalue weighted by Gasteiger charge is -2.15. The second kappa shape index (κ2) is 7.79. The Bertz CT molecular complexity index is 818. The first-order valence-corrected chi connectivity index (χ1v) is 9.14. The van der Waals surface area contributed by atoms with Crippen molar-refractivity contribution in [3.8, 4) is 0 Å². The van der Waals surface area contributed by atoms with Crippen LogP contribution in [0.3, 0.4) is 0 Å². The Labute approximate surface area is 147 Å². The Hall–Kier alpha value is -1.89. The van der Waals surface area contributed by atoms with Gasteiger partial charge in [0.2, 0.25) is 15.9 Å². The van der Waals surface area contributed by atoms with Crippen LogP contribution < -0.4 is 5.32 Å². The third kappa shape index (κ3) is 4.56. The number of nitrogens with one attached hydrogen (secondary N) is 1. The van der Waals surface area contributed by atoms with Gasteiger partial charge in [0.25, 0.3) is 0 Å². The molecule has 0 heterocycles. The molecule has 0 bridgehead atoms. The number of benzene rings is 2. The standard InChI is InChI=1S/C17H19ClN2O3S/c1-20(2)24(22,23)16-6-4-3-5-14(16)12-19-17(21)11-13-7-9-15(18)10-8-13/h3-10H,11-12H2,1-2H3,(H,19,21). The van der Waals surface area contributed by atoms with E-state index in [0.717, 1.165) is 9.87 Å². The van der Waals surface area contributed by atoms with Crippen molar-refractivity contribution >= 4 is 27.5 Å². The first-order valence-electron chi connectivity index (χ1n) is 7.32. The van der Waals surface area contributed by atoms with E-state index in [0.29, 0.717) is 10.6 Å². The highest BCUT2D eigenvalue weighted by Gasteiger charge is 2.20. The fourth-order valence-electron chi connectivity index (χ4n) is 2.14. The van der Waals surface area contributed by atoms with Gasteiger partial charge < -0.3 is 5.32 Å². The van der Waals surface area contributed by atoms with Crippen LogP contribution in [0, 0.1) is 0 Å². The summed E-state index contributed by atoms with van der Waals surface area (Å²) >= 11 is 5.81. The number of nitrogens with zero attached hydrogens (tertiary/aromatic N) is 1. The van der Waals surface area contributed by atoms with Crippen LogP contribution in [0.2, 0.25) is 5.02 Å². The van der Waals surface area contributed by atoms with Gasteiger partial charge in [-0.3, -0.25) is 4.79 Å². The Morgan fingerprint density at radius 1 is 1.08 bits per heavy atom. The predicted molar refractivity (Wildman–Crippen MR) is 94.3 cm³/mol. The first-order chi connectivity index (χ1) is 11.3. The average Bonchev–Trinajstić information content (AvgIpc) is 2.55. The number of rotatable bonds is 6. The van der Waals surface area contributed by atoms with Crippen molar-refractivity contribution in [1.29, 1.82) is 0 Å². The third-order valence-electron chi connectivity index (χ3n) is 3.49. The molecule has 0 unspecified atom stereocenters. The van der Waals surface area contributed by atoms with E-state index >= 15 is 0 Å². The van der Waals surface area contributed by atoms with Crippen LogP contribution in [0.1, 0.15) is 11.1 Å². The molecule has 5 nitrogen and oxygen atoms in total. The van der Waals surface area contributed by atoms with Crippen LogP contribution >= 0.6 is 11.6 Å². The average molecular weight is 367 g/mol. The molecule has 0 aliphatic heterocycles. The Morgan fingerprint density at radius 2 is 1.71 bits per heavy atom. The van der Waals surface area contributed by atoms with Gasteiger partial charge in [0, 0.05) is 25.7 Å². The van der Waals surface area contributed by atoms with E-state index in [1.807, 2.05) is 0 Å². The number of carbonyl (C=O) groups excluding carboxylic acids is 1. The highest BCUT2D eigenvalue weighted by molar-refractivity contribution is 7.89. The van der Waals surface area contributed by atoms with Gasteiger partial charge in [-0.15, -0.1) is 0 Å². The zero-order valence-electron chi connectivity index (χ0n) is 13.5. The van der Waals surface area contributed by atoms with Crippen molar-refractivity contribution in [3.05, 3.63) is 64.7 Å². The summed E-state index contributed by atoms with van der Waals surface area (Å²) in [6, 6.07) is 13.7. The zero-order chi connectivity index (χ0) is 17.7. The Kier molecular flexibility index (Phi) is 5.99. The maximum atomic E-state index is 12.3. The van der Waals surface area contributed by atoms with Crippen LogP contribution in [0.25, 0.3) is 0 Å². The number of sulfonamides is 1.